The van der Waals surface area contributed by atoms with Crippen molar-refractivity contribution in [2.75, 3.05) is 19.6 Å². The molecule has 2 atom stereocenters. The number of hydrogen-bond donors (Lipinski definition) is 2. The fourth-order valence-corrected chi connectivity index (χ4v) is 3.07. The lowest BCUT2D eigenvalue weighted by Crippen LogP contribution is -2.41. The highest BCUT2D eigenvalue weighted by atomic mass is 35.5. The van der Waals surface area contributed by atoms with E-state index in [9.17, 15) is 4.79 Å². The molecule has 0 aromatic heterocycles. The van der Waals surface area contributed by atoms with Crippen molar-refractivity contribution < 1.29 is 9.53 Å². The van der Waals surface area contributed by atoms with Crippen LogP contribution < -0.4 is 11.1 Å². The maximum atomic E-state index is 11.9. The number of hydrogen-bond acceptors (Lipinski definition) is 4. The molecule has 1 aromatic carbocycles. The van der Waals surface area contributed by atoms with Gasteiger partial charge in [-0.15, -0.1) is 0 Å². The number of nitrogens with two attached hydrogens (primary N) is 1. The van der Waals surface area contributed by atoms with Crippen LogP contribution in [0.4, 0.5) is 4.79 Å². The lowest BCUT2D eigenvalue weighted by molar-refractivity contribution is 0.0504. The van der Waals surface area contributed by atoms with Gasteiger partial charge in [0.05, 0.1) is 0 Å². The summed E-state index contributed by atoms with van der Waals surface area (Å²) in [5.74, 6) is 0. The van der Waals surface area contributed by atoms with Crippen LogP contribution in [0.3, 0.4) is 0 Å². The zero-order chi connectivity index (χ0) is 17.0. The standard InChI is InChI=1S/C17H26ClN3O2/c1-17(2,3)23-16(22)20-14-7-8-21(11-14)15(10-19)12-5-4-6-13(18)9-12/h4-6,9,14-15H,7-8,10-11,19H2,1-3H3,(H,20,22)/t14-,15+/m0/s1. The number of rotatable bonds is 4. The molecule has 0 unspecified atom stereocenters. The number of halogens is 1. The normalized spacial score (nSPS) is 20.3. The third kappa shape index (κ3) is 5.37. The average molecular weight is 340 g/mol. The maximum absolute atomic E-state index is 11.9. The second-order valence-corrected chi connectivity index (χ2v) is 7.37. The predicted molar refractivity (Wildman–Crippen MR) is 92.6 cm³/mol. The molecule has 1 aliphatic rings. The molecule has 3 N–H and O–H groups in total. The van der Waals surface area contributed by atoms with Crippen molar-refractivity contribution in [3.63, 3.8) is 0 Å². The lowest BCUT2D eigenvalue weighted by atomic mass is 10.1. The van der Waals surface area contributed by atoms with Gasteiger partial charge >= 0.3 is 6.09 Å². The number of nitrogens with zero attached hydrogens (tertiary/aromatic N) is 1. The quantitative estimate of drug-likeness (QED) is 0.885. The molecule has 1 fully saturated rings. The summed E-state index contributed by atoms with van der Waals surface area (Å²) in [5.41, 5.74) is 6.59. The van der Waals surface area contributed by atoms with E-state index in [0.29, 0.717) is 11.6 Å². The highest BCUT2D eigenvalue weighted by molar-refractivity contribution is 6.30. The number of amides is 1. The van der Waals surface area contributed by atoms with E-state index in [1.807, 2.05) is 45.0 Å². The summed E-state index contributed by atoms with van der Waals surface area (Å²) >= 11 is 6.08. The van der Waals surface area contributed by atoms with Gasteiger partial charge in [0, 0.05) is 36.7 Å². The van der Waals surface area contributed by atoms with Crippen LogP contribution in [0.5, 0.6) is 0 Å². The van der Waals surface area contributed by atoms with Gasteiger partial charge in [0.25, 0.3) is 0 Å². The van der Waals surface area contributed by atoms with Crippen molar-refractivity contribution in [2.24, 2.45) is 5.73 Å². The minimum atomic E-state index is -0.483. The molecule has 0 bridgehead atoms. The molecule has 5 nitrogen and oxygen atoms in total. The molecule has 0 aliphatic carbocycles. The molecule has 1 amide bonds. The molecule has 23 heavy (non-hydrogen) atoms. The second-order valence-electron chi connectivity index (χ2n) is 6.93. The van der Waals surface area contributed by atoms with Gasteiger partial charge in [0.1, 0.15) is 5.60 Å². The van der Waals surface area contributed by atoms with Crippen LogP contribution in [0.1, 0.15) is 38.8 Å². The third-order valence-corrected chi connectivity index (χ3v) is 4.07. The summed E-state index contributed by atoms with van der Waals surface area (Å²) in [6.07, 6.45) is 0.521. The van der Waals surface area contributed by atoms with Crippen molar-refractivity contribution in [1.29, 1.82) is 0 Å². The SMILES string of the molecule is CC(C)(C)OC(=O)N[C@H]1CCN([C@H](CN)c2cccc(Cl)c2)C1. The highest BCUT2D eigenvalue weighted by Gasteiger charge is 2.30. The third-order valence-electron chi connectivity index (χ3n) is 3.84. The Hall–Kier alpha value is -1.30. The van der Waals surface area contributed by atoms with Gasteiger partial charge in [0.15, 0.2) is 0 Å². The van der Waals surface area contributed by atoms with Crippen molar-refractivity contribution in [1.82, 2.24) is 10.2 Å². The van der Waals surface area contributed by atoms with Gasteiger partial charge in [-0.25, -0.2) is 4.79 Å². The Balaban J connectivity index is 1.94. The summed E-state index contributed by atoms with van der Waals surface area (Å²) < 4.78 is 5.31. The first-order valence-electron chi connectivity index (χ1n) is 7.97. The molecule has 6 heteroatoms. The van der Waals surface area contributed by atoms with Gasteiger partial charge in [-0.1, -0.05) is 23.7 Å². The van der Waals surface area contributed by atoms with Crippen LogP contribution in [-0.4, -0.2) is 42.3 Å². The van der Waals surface area contributed by atoms with Gasteiger partial charge in [0.2, 0.25) is 0 Å². The first kappa shape index (κ1) is 18.0. The highest BCUT2D eigenvalue weighted by Crippen LogP contribution is 2.26. The molecular formula is C17H26ClN3O2. The Bertz CT molecular complexity index is 545. The van der Waals surface area contributed by atoms with Crippen molar-refractivity contribution in [3.8, 4) is 0 Å². The molecule has 1 aromatic rings. The van der Waals surface area contributed by atoms with Crippen LogP contribution in [0.2, 0.25) is 5.02 Å². The molecule has 1 aliphatic heterocycles. The fourth-order valence-electron chi connectivity index (χ4n) is 2.87. The Labute approximate surface area is 143 Å². The first-order chi connectivity index (χ1) is 10.8. The maximum Gasteiger partial charge on any atom is 0.407 e. The minimum Gasteiger partial charge on any atom is -0.444 e. The van der Waals surface area contributed by atoms with E-state index in [-0.39, 0.29) is 18.2 Å². The Morgan fingerprint density at radius 1 is 1.52 bits per heavy atom. The lowest BCUT2D eigenvalue weighted by Gasteiger charge is -2.27. The number of carbonyl (C=O) groups is 1. The largest absolute Gasteiger partial charge is 0.444 e. The Morgan fingerprint density at radius 3 is 2.87 bits per heavy atom. The number of carbonyl (C=O) groups excluding carboxylic acids is 1. The van der Waals surface area contributed by atoms with Crippen molar-refractivity contribution in [2.45, 2.75) is 44.9 Å². The van der Waals surface area contributed by atoms with Crippen LogP contribution in [0.15, 0.2) is 24.3 Å². The van der Waals surface area contributed by atoms with E-state index >= 15 is 0 Å². The van der Waals surface area contributed by atoms with Gasteiger partial charge in [-0.3, -0.25) is 4.90 Å². The number of likely N-dealkylation sites (tertiary alicyclic amines) is 1. The summed E-state index contributed by atoms with van der Waals surface area (Å²) in [5, 5.41) is 3.65. The topological polar surface area (TPSA) is 67.6 Å². The average Bonchev–Trinajstić information content (AvgIpc) is 2.85. The molecule has 0 saturated carbocycles. The smallest absolute Gasteiger partial charge is 0.407 e. The molecule has 2 rings (SSSR count). The van der Waals surface area contributed by atoms with E-state index in [0.717, 1.165) is 25.1 Å². The van der Waals surface area contributed by atoms with Crippen LogP contribution >= 0.6 is 11.6 Å². The molecule has 128 valence electrons. The van der Waals surface area contributed by atoms with Gasteiger partial charge < -0.3 is 15.8 Å². The minimum absolute atomic E-state index is 0.0816. The molecule has 0 radical (unpaired) electrons. The van der Waals surface area contributed by atoms with E-state index in [2.05, 4.69) is 10.2 Å². The van der Waals surface area contributed by atoms with E-state index in [1.54, 1.807) is 0 Å². The Morgan fingerprint density at radius 2 is 2.26 bits per heavy atom. The monoisotopic (exact) mass is 339 g/mol. The zero-order valence-electron chi connectivity index (χ0n) is 14.0. The van der Waals surface area contributed by atoms with Crippen LogP contribution in [0, 0.1) is 0 Å². The van der Waals surface area contributed by atoms with E-state index in [1.165, 1.54) is 0 Å². The summed E-state index contributed by atoms with van der Waals surface area (Å²) in [6.45, 7) is 7.73. The van der Waals surface area contributed by atoms with Crippen molar-refractivity contribution >= 4 is 17.7 Å². The van der Waals surface area contributed by atoms with Gasteiger partial charge in [-0.05, 0) is 44.9 Å². The van der Waals surface area contributed by atoms with E-state index < -0.39 is 5.60 Å². The Kier molecular flexibility index (Phi) is 5.89. The first-order valence-corrected chi connectivity index (χ1v) is 8.35. The molecule has 1 heterocycles. The van der Waals surface area contributed by atoms with Crippen LogP contribution in [0.25, 0.3) is 0 Å². The molecular weight excluding hydrogens is 314 g/mol. The molecule has 1 saturated heterocycles. The number of benzene rings is 1. The number of alkyl carbamates (subject to hydrolysis) is 1. The summed E-state index contributed by atoms with van der Waals surface area (Å²) in [6, 6.07) is 7.98. The summed E-state index contributed by atoms with van der Waals surface area (Å²) in [4.78, 5) is 14.2. The van der Waals surface area contributed by atoms with Crippen LogP contribution in [-0.2, 0) is 4.74 Å². The molecule has 0 spiro atoms. The second kappa shape index (κ2) is 7.51. The fraction of sp³-hybridized carbons (Fsp3) is 0.588. The number of nitrogens with one attached hydrogen (secondary N) is 1. The number of ether oxygens (including phenoxy) is 1. The van der Waals surface area contributed by atoms with Gasteiger partial charge in [-0.2, -0.15) is 0 Å². The zero-order valence-corrected chi connectivity index (χ0v) is 14.8. The summed E-state index contributed by atoms with van der Waals surface area (Å²) in [7, 11) is 0. The van der Waals surface area contributed by atoms with Crippen molar-refractivity contribution in [3.05, 3.63) is 34.9 Å². The van der Waals surface area contributed by atoms with E-state index in [4.69, 9.17) is 22.1 Å². The predicted octanol–water partition coefficient (Wildman–Crippen LogP) is 2.94.